The maximum Gasteiger partial charge on any atom is 0.302 e. The molecule has 0 unspecified atom stereocenters. The van der Waals surface area contributed by atoms with Gasteiger partial charge in [0, 0.05) is 37.9 Å². The minimum Gasteiger partial charge on any atom is -0.466 e. The van der Waals surface area contributed by atoms with Crippen molar-refractivity contribution in [3.8, 4) is 0 Å². The van der Waals surface area contributed by atoms with Gasteiger partial charge in [-0.3, -0.25) is 4.79 Å². The highest BCUT2D eigenvalue weighted by atomic mass is 79.9. The summed E-state index contributed by atoms with van der Waals surface area (Å²) in [5, 5.41) is 9.36. The lowest BCUT2D eigenvalue weighted by Gasteiger charge is -2.31. The van der Waals surface area contributed by atoms with Gasteiger partial charge in [0.25, 0.3) is 0 Å². The Morgan fingerprint density at radius 1 is 1.07 bits per heavy atom. The predicted octanol–water partition coefficient (Wildman–Crippen LogP) is 0.401. The SMILES string of the molecule is C.CCOC(C)=O.CS(=O)(=O)N1CC[C@@H](Br)[C@H](O)C1.CS(=O)(=O)N1CC[C@H]2O[C@H]2C1. The number of fused-ring (bicyclic) bond motifs is 1. The zero-order chi connectivity index (χ0) is 22.4. The summed E-state index contributed by atoms with van der Waals surface area (Å²) in [4.78, 5) is 9.85. The van der Waals surface area contributed by atoms with Gasteiger partial charge in [0.1, 0.15) is 0 Å². The number of sulfonamides is 2. The van der Waals surface area contributed by atoms with Gasteiger partial charge < -0.3 is 14.6 Å². The number of piperidine rings is 2. The molecule has 30 heavy (non-hydrogen) atoms. The molecule has 0 amide bonds. The summed E-state index contributed by atoms with van der Waals surface area (Å²) in [6.45, 7) is 5.53. The molecule has 0 aromatic carbocycles. The molecular formula is C17H35BrN2O8S2. The van der Waals surface area contributed by atoms with Gasteiger partial charge in [-0.2, -0.15) is 8.61 Å². The summed E-state index contributed by atoms with van der Waals surface area (Å²) in [5.74, 6) is -0.211. The van der Waals surface area contributed by atoms with E-state index in [2.05, 4.69) is 20.7 Å². The first kappa shape index (κ1) is 29.7. The zero-order valence-electron chi connectivity index (χ0n) is 17.2. The molecule has 180 valence electrons. The first-order valence-corrected chi connectivity index (χ1v) is 13.9. The molecule has 4 atom stereocenters. The number of nitrogens with zero attached hydrogens (tertiary/aromatic N) is 2. The van der Waals surface area contributed by atoms with E-state index in [1.807, 2.05) is 0 Å². The smallest absolute Gasteiger partial charge is 0.302 e. The van der Waals surface area contributed by atoms with Crippen LogP contribution in [0.2, 0.25) is 0 Å². The third-order valence-corrected chi connectivity index (χ3v) is 8.09. The summed E-state index contributed by atoms with van der Waals surface area (Å²) in [5.41, 5.74) is 0. The van der Waals surface area contributed by atoms with E-state index in [0.29, 0.717) is 38.8 Å². The van der Waals surface area contributed by atoms with Crippen LogP contribution in [0.4, 0.5) is 0 Å². The van der Waals surface area contributed by atoms with Gasteiger partial charge in [0.15, 0.2) is 0 Å². The molecule has 10 nitrogen and oxygen atoms in total. The Balaban J connectivity index is 0.000000437. The van der Waals surface area contributed by atoms with E-state index in [1.54, 1.807) is 6.92 Å². The molecule has 1 N–H and O–H groups in total. The van der Waals surface area contributed by atoms with E-state index in [9.17, 15) is 26.7 Å². The lowest BCUT2D eigenvalue weighted by molar-refractivity contribution is -0.140. The van der Waals surface area contributed by atoms with Gasteiger partial charge >= 0.3 is 5.97 Å². The van der Waals surface area contributed by atoms with Crippen molar-refractivity contribution < 1.29 is 36.2 Å². The Morgan fingerprint density at radius 3 is 1.93 bits per heavy atom. The van der Waals surface area contributed by atoms with Gasteiger partial charge in [-0.05, 0) is 19.8 Å². The molecular weight excluding hydrogens is 504 g/mol. The average Bonchev–Trinajstić information content (AvgIpc) is 3.35. The Bertz CT molecular complexity index is 747. The van der Waals surface area contributed by atoms with Gasteiger partial charge in [-0.15, -0.1) is 0 Å². The Hall–Kier alpha value is -0.310. The molecule has 0 aliphatic carbocycles. The fourth-order valence-electron chi connectivity index (χ4n) is 2.84. The van der Waals surface area contributed by atoms with E-state index in [0.717, 1.165) is 12.7 Å². The van der Waals surface area contributed by atoms with Crippen LogP contribution in [0.25, 0.3) is 0 Å². The normalized spacial score (nSPS) is 29.0. The second kappa shape index (κ2) is 12.7. The Labute approximate surface area is 189 Å². The largest absolute Gasteiger partial charge is 0.466 e. The van der Waals surface area contributed by atoms with Gasteiger partial charge in [0.05, 0.1) is 37.4 Å². The maximum absolute atomic E-state index is 11.0. The highest BCUT2D eigenvalue weighted by Crippen LogP contribution is 2.31. The maximum atomic E-state index is 11.0. The number of carbonyl (C=O) groups is 1. The second-order valence-corrected chi connectivity index (χ2v) is 12.2. The van der Waals surface area contributed by atoms with Gasteiger partial charge in [-0.25, -0.2) is 16.8 Å². The quantitative estimate of drug-likeness (QED) is 0.310. The van der Waals surface area contributed by atoms with Crippen LogP contribution in [0.15, 0.2) is 0 Å². The molecule has 3 rings (SSSR count). The third kappa shape index (κ3) is 10.8. The van der Waals surface area contributed by atoms with Crippen LogP contribution in [0.3, 0.4) is 0 Å². The van der Waals surface area contributed by atoms with Gasteiger partial charge in [0.2, 0.25) is 20.0 Å². The van der Waals surface area contributed by atoms with E-state index in [4.69, 9.17) is 4.74 Å². The van der Waals surface area contributed by atoms with E-state index in [1.165, 1.54) is 21.8 Å². The highest BCUT2D eigenvalue weighted by molar-refractivity contribution is 9.09. The minimum absolute atomic E-state index is 0. The summed E-state index contributed by atoms with van der Waals surface area (Å²) >= 11 is 3.28. The molecule has 3 aliphatic heterocycles. The monoisotopic (exact) mass is 538 g/mol. The topological polar surface area (TPSA) is 134 Å². The molecule has 0 aromatic rings. The number of rotatable bonds is 3. The summed E-state index contributed by atoms with van der Waals surface area (Å²) in [6.07, 6.45) is 3.88. The van der Waals surface area contributed by atoms with E-state index < -0.39 is 26.2 Å². The van der Waals surface area contributed by atoms with Crippen LogP contribution >= 0.6 is 15.9 Å². The van der Waals surface area contributed by atoms with Crippen molar-refractivity contribution >= 4 is 41.9 Å². The van der Waals surface area contributed by atoms with Crippen molar-refractivity contribution in [3.63, 3.8) is 0 Å². The fraction of sp³-hybridized carbons (Fsp3) is 0.941. The Morgan fingerprint density at radius 2 is 1.57 bits per heavy atom. The molecule has 3 fully saturated rings. The van der Waals surface area contributed by atoms with E-state index >= 15 is 0 Å². The first-order valence-electron chi connectivity index (χ1n) is 9.26. The number of hydrogen-bond acceptors (Lipinski definition) is 8. The minimum atomic E-state index is -3.13. The molecule has 0 saturated carbocycles. The number of alkyl halides is 1. The number of β-amino-alcohol motifs (C(OH)–C–C–N with tert-alkyl or cyclic N) is 1. The summed E-state index contributed by atoms with van der Waals surface area (Å²) in [6, 6.07) is 0. The molecule has 0 spiro atoms. The van der Waals surface area contributed by atoms with Gasteiger partial charge in [-0.1, -0.05) is 23.4 Å². The summed E-state index contributed by atoms with van der Waals surface area (Å²) < 4.78 is 56.5. The highest BCUT2D eigenvalue weighted by Gasteiger charge is 2.45. The number of ether oxygens (including phenoxy) is 2. The van der Waals surface area contributed by atoms with Crippen molar-refractivity contribution in [2.24, 2.45) is 0 Å². The van der Waals surface area contributed by atoms with Crippen molar-refractivity contribution in [1.82, 2.24) is 8.61 Å². The van der Waals surface area contributed by atoms with E-state index in [-0.39, 0.29) is 30.9 Å². The van der Waals surface area contributed by atoms with Crippen LogP contribution in [-0.2, 0) is 34.3 Å². The van der Waals surface area contributed by atoms with Crippen molar-refractivity contribution in [2.75, 3.05) is 45.3 Å². The van der Waals surface area contributed by atoms with Crippen LogP contribution in [0.1, 0.15) is 34.1 Å². The molecule has 3 aliphatic rings. The van der Waals surface area contributed by atoms with Crippen LogP contribution in [0, 0.1) is 0 Å². The molecule has 13 heteroatoms. The van der Waals surface area contributed by atoms with Crippen LogP contribution in [-0.4, -0.2) is 105 Å². The molecule has 0 bridgehead atoms. The number of aliphatic hydroxyl groups excluding tert-OH is 1. The molecule has 0 radical (unpaired) electrons. The molecule has 3 saturated heterocycles. The average molecular weight is 540 g/mol. The fourth-order valence-corrected chi connectivity index (χ4v) is 4.92. The second-order valence-electron chi connectivity index (χ2n) is 7.04. The molecule has 3 heterocycles. The number of carbonyl (C=O) groups excluding carboxylic acids is 1. The number of esters is 1. The Kier molecular flexibility index (Phi) is 12.5. The zero-order valence-corrected chi connectivity index (χ0v) is 20.4. The summed E-state index contributed by atoms with van der Waals surface area (Å²) in [7, 11) is -6.11. The number of epoxide rings is 1. The number of aliphatic hydroxyl groups is 1. The lowest BCUT2D eigenvalue weighted by atomic mass is 10.1. The standard InChI is InChI=1S/C6H12BrNO3S.C6H11NO3S.C4H8O2.CH4/c1-12(10,11)8-3-2-5(7)6(9)4-8;1-11(8,9)7-3-2-5-6(4-7)10-5;1-3-6-4(2)5;/h5-6,9H,2-4H2,1H3;5-6H,2-4H2,1H3;3H2,1-2H3;1H4/t5-,6-;5-,6+;;/m11../s1. The van der Waals surface area contributed by atoms with Crippen LogP contribution < -0.4 is 0 Å². The first-order chi connectivity index (χ1) is 13.3. The van der Waals surface area contributed by atoms with Crippen LogP contribution in [0.5, 0.6) is 0 Å². The number of hydrogen-bond donors (Lipinski definition) is 1. The van der Waals surface area contributed by atoms with Crippen molar-refractivity contribution in [2.45, 2.75) is 57.3 Å². The number of halogens is 1. The predicted molar refractivity (Wildman–Crippen MR) is 118 cm³/mol. The third-order valence-electron chi connectivity index (χ3n) is 4.48. The molecule has 0 aromatic heterocycles. The lowest BCUT2D eigenvalue weighted by Crippen LogP contribution is -2.46. The van der Waals surface area contributed by atoms with Crippen molar-refractivity contribution in [3.05, 3.63) is 0 Å². The van der Waals surface area contributed by atoms with Crippen molar-refractivity contribution in [1.29, 1.82) is 0 Å².